The number of rotatable bonds is 4. The SMILES string of the molecule is CC(=O)C[n+]1ccccc1Cc1ccccc1.[Br-]. The third-order valence-electron chi connectivity index (χ3n) is 2.66. The lowest BCUT2D eigenvalue weighted by molar-refractivity contribution is -0.691. The monoisotopic (exact) mass is 305 g/mol. The highest BCUT2D eigenvalue weighted by molar-refractivity contribution is 5.73. The maximum atomic E-state index is 11.2. The molecule has 2 nitrogen and oxygen atoms in total. The number of Topliss-reactive ketones (excluding diaryl/α,β-unsaturated/α-hetero) is 1. The summed E-state index contributed by atoms with van der Waals surface area (Å²) in [6.07, 6.45) is 2.81. The second-order valence-electron chi connectivity index (χ2n) is 4.18. The van der Waals surface area contributed by atoms with Gasteiger partial charge in [0.2, 0.25) is 6.54 Å². The van der Waals surface area contributed by atoms with Crippen LogP contribution in [-0.2, 0) is 17.8 Å². The highest BCUT2D eigenvalue weighted by Gasteiger charge is 2.11. The molecular formula is C15H16BrNO. The van der Waals surface area contributed by atoms with Crippen molar-refractivity contribution in [2.75, 3.05) is 0 Å². The first-order chi connectivity index (χ1) is 8.25. The molecule has 2 aromatic rings. The zero-order valence-electron chi connectivity index (χ0n) is 10.3. The van der Waals surface area contributed by atoms with Gasteiger partial charge in [0.25, 0.3) is 0 Å². The number of hydrogen-bond donors (Lipinski definition) is 0. The highest BCUT2D eigenvalue weighted by atomic mass is 79.9. The van der Waals surface area contributed by atoms with Crippen LogP contribution in [0.3, 0.4) is 0 Å². The smallest absolute Gasteiger partial charge is 0.206 e. The first kappa shape index (κ1) is 14.6. The average Bonchev–Trinajstić information content (AvgIpc) is 2.32. The molecule has 0 fully saturated rings. The van der Waals surface area contributed by atoms with Gasteiger partial charge in [-0.2, -0.15) is 4.57 Å². The summed E-state index contributed by atoms with van der Waals surface area (Å²) < 4.78 is 2.01. The van der Waals surface area contributed by atoms with Gasteiger partial charge >= 0.3 is 0 Å². The van der Waals surface area contributed by atoms with E-state index in [1.165, 1.54) is 5.56 Å². The van der Waals surface area contributed by atoms with Crippen molar-refractivity contribution in [3.63, 3.8) is 0 Å². The van der Waals surface area contributed by atoms with Gasteiger partial charge in [-0.1, -0.05) is 36.4 Å². The van der Waals surface area contributed by atoms with Crippen LogP contribution in [0.15, 0.2) is 54.7 Å². The van der Waals surface area contributed by atoms with Crippen molar-refractivity contribution in [1.29, 1.82) is 0 Å². The van der Waals surface area contributed by atoms with Crippen LogP contribution < -0.4 is 21.5 Å². The Bertz CT molecular complexity index is 511. The summed E-state index contributed by atoms with van der Waals surface area (Å²) in [5, 5.41) is 0. The molecule has 0 saturated heterocycles. The third-order valence-corrected chi connectivity index (χ3v) is 2.66. The number of pyridine rings is 1. The molecule has 18 heavy (non-hydrogen) atoms. The number of benzene rings is 1. The molecule has 0 aliphatic rings. The molecule has 0 N–H and O–H groups in total. The van der Waals surface area contributed by atoms with Crippen molar-refractivity contribution < 1.29 is 26.3 Å². The molecule has 0 bridgehead atoms. The maximum Gasteiger partial charge on any atom is 0.206 e. The van der Waals surface area contributed by atoms with Crippen molar-refractivity contribution in [2.45, 2.75) is 19.9 Å². The highest BCUT2D eigenvalue weighted by Crippen LogP contribution is 2.05. The van der Waals surface area contributed by atoms with Crippen LogP contribution in [0.2, 0.25) is 0 Å². The zero-order valence-corrected chi connectivity index (χ0v) is 11.9. The molecule has 1 heterocycles. The summed E-state index contributed by atoms with van der Waals surface area (Å²) in [6.45, 7) is 2.06. The van der Waals surface area contributed by atoms with Crippen LogP contribution in [0.5, 0.6) is 0 Å². The summed E-state index contributed by atoms with van der Waals surface area (Å²) in [6, 6.07) is 16.3. The van der Waals surface area contributed by atoms with Gasteiger partial charge in [0.15, 0.2) is 17.7 Å². The van der Waals surface area contributed by atoms with E-state index in [1.807, 2.05) is 41.1 Å². The van der Waals surface area contributed by atoms with Gasteiger partial charge in [0, 0.05) is 19.1 Å². The number of aromatic nitrogens is 1. The summed E-state index contributed by atoms with van der Waals surface area (Å²) in [4.78, 5) is 11.2. The van der Waals surface area contributed by atoms with Crippen molar-refractivity contribution in [3.8, 4) is 0 Å². The van der Waals surface area contributed by atoms with Crippen LogP contribution in [0.4, 0.5) is 0 Å². The van der Waals surface area contributed by atoms with Gasteiger partial charge in [-0.05, 0) is 5.56 Å². The molecule has 94 valence electrons. The number of nitrogens with zero attached hydrogens (tertiary/aromatic N) is 1. The van der Waals surface area contributed by atoms with E-state index in [0.29, 0.717) is 6.54 Å². The lowest BCUT2D eigenvalue weighted by Crippen LogP contribution is -3.00. The number of carbonyl (C=O) groups excluding carboxylic acids is 1. The minimum absolute atomic E-state index is 0. The Labute approximate surface area is 118 Å². The van der Waals surface area contributed by atoms with Gasteiger partial charge in [-0.25, -0.2) is 0 Å². The fourth-order valence-corrected chi connectivity index (χ4v) is 1.87. The van der Waals surface area contributed by atoms with E-state index in [1.54, 1.807) is 6.92 Å². The molecule has 0 saturated carbocycles. The van der Waals surface area contributed by atoms with E-state index >= 15 is 0 Å². The van der Waals surface area contributed by atoms with Crippen LogP contribution >= 0.6 is 0 Å². The molecular weight excluding hydrogens is 290 g/mol. The summed E-state index contributed by atoms with van der Waals surface area (Å²) in [5.74, 6) is 0.176. The van der Waals surface area contributed by atoms with Crippen molar-refractivity contribution in [3.05, 3.63) is 66.0 Å². The van der Waals surface area contributed by atoms with Crippen LogP contribution in [0.25, 0.3) is 0 Å². The van der Waals surface area contributed by atoms with E-state index < -0.39 is 0 Å². The lowest BCUT2D eigenvalue weighted by atomic mass is 10.1. The van der Waals surface area contributed by atoms with Crippen molar-refractivity contribution in [1.82, 2.24) is 0 Å². The van der Waals surface area contributed by atoms with Crippen LogP contribution in [-0.4, -0.2) is 5.78 Å². The van der Waals surface area contributed by atoms with E-state index in [0.717, 1.165) is 12.1 Å². The van der Waals surface area contributed by atoms with Gasteiger partial charge in [0.1, 0.15) is 0 Å². The minimum atomic E-state index is 0. The van der Waals surface area contributed by atoms with Crippen molar-refractivity contribution >= 4 is 5.78 Å². The van der Waals surface area contributed by atoms with Gasteiger partial charge in [-0.15, -0.1) is 0 Å². The molecule has 0 unspecified atom stereocenters. The molecule has 0 atom stereocenters. The molecule has 0 radical (unpaired) electrons. The summed E-state index contributed by atoms with van der Waals surface area (Å²) >= 11 is 0. The lowest BCUT2D eigenvalue weighted by Gasteiger charge is -2.02. The van der Waals surface area contributed by atoms with E-state index in [2.05, 4.69) is 18.2 Å². The van der Waals surface area contributed by atoms with Crippen LogP contribution in [0.1, 0.15) is 18.2 Å². The zero-order chi connectivity index (χ0) is 12.1. The van der Waals surface area contributed by atoms with Gasteiger partial charge < -0.3 is 17.0 Å². The van der Waals surface area contributed by atoms with Crippen LogP contribution in [0, 0.1) is 0 Å². The molecule has 1 aromatic carbocycles. The summed E-state index contributed by atoms with van der Waals surface area (Å²) in [5.41, 5.74) is 2.42. The van der Waals surface area contributed by atoms with E-state index in [4.69, 9.17) is 0 Å². The molecule has 1 aromatic heterocycles. The topological polar surface area (TPSA) is 20.9 Å². The Balaban J connectivity index is 0.00000162. The predicted octanol–water partition coefficient (Wildman–Crippen LogP) is -0.842. The fraction of sp³-hybridized carbons (Fsp3) is 0.200. The van der Waals surface area contributed by atoms with E-state index in [9.17, 15) is 4.79 Å². The molecule has 2 rings (SSSR count). The first-order valence-electron chi connectivity index (χ1n) is 5.76. The minimum Gasteiger partial charge on any atom is -1.00 e. The third kappa shape index (κ3) is 4.08. The maximum absolute atomic E-state index is 11.2. The standard InChI is InChI=1S/C15H16NO.BrH/c1-13(17)12-16-10-6-5-9-15(16)11-14-7-3-2-4-8-14;/h2-10H,11-12H2,1H3;1H/q+1;/p-1. The second kappa shape index (κ2) is 7.07. The number of halogens is 1. The molecule has 0 aliphatic carbocycles. The average molecular weight is 306 g/mol. The van der Waals surface area contributed by atoms with Gasteiger partial charge in [0.05, 0.1) is 6.42 Å². The molecule has 0 aliphatic heterocycles. The number of hydrogen-bond acceptors (Lipinski definition) is 1. The Morgan fingerprint density at radius 3 is 2.39 bits per heavy atom. The predicted molar refractivity (Wildman–Crippen MR) is 66.6 cm³/mol. The quantitative estimate of drug-likeness (QED) is 0.675. The Morgan fingerprint density at radius 2 is 1.72 bits per heavy atom. The normalized spacial score (nSPS) is 9.61. The fourth-order valence-electron chi connectivity index (χ4n) is 1.87. The molecule has 0 amide bonds. The Hall–Kier alpha value is -1.48. The number of carbonyl (C=O) groups is 1. The second-order valence-corrected chi connectivity index (χ2v) is 4.18. The Kier molecular flexibility index (Phi) is 5.72. The first-order valence-corrected chi connectivity index (χ1v) is 5.76. The van der Waals surface area contributed by atoms with Gasteiger partial charge in [-0.3, -0.25) is 4.79 Å². The molecule has 3 heteroatoms. The summed E-state index contributed by atoms with van der Waals surface area (Å²) in [7, 11) is 0. The van der Waals surface area contributed by atoms with Crippen molar-refractivity contribution in [2.24, 2.45) is 0 Å². The van der Waals surface area contributed by atoms with E-state index in [-0.39, 0.29) is 22.8 Å². The molecule has 0 spiro atoms. The Morgan fingerprint density at radius 1 is 1.06 bits per heavy atom. The number of ketones is 1. The largest absolute Gasteiger partial charge is 1.00 e.